The van der Waals surface area contributed by atoms with Gasteiger partial charge in [-0.25, -0.2) is 0 Å². The van der Waals surface area contributed by atoms with E-state index in [1.54, 1.807) is 7.05 Å². The number of carbonyl (C=O) groups is 1. The molecule has 19 heavy (non-hydrogen) atoms. The number of carbonyl (C=O) groups excluding carboxylic acids is 1. The van der Waals surface area contributed by atoms with Gasteiger partial charge < -0.3 is 16.0 Å². The van der Waals surface area contributed by atoms with Gasteiger partial charge in [0.1, 0.15) is 0 Å². The summed E-state index contributed by atoms with van der Waals surface area (Å²) >= 11 is 0. The molecular weight excluding hydrogens is 355 g/mol. The van der Waals surface area contributed by atoms with Crippen LogP contribution in [0.4, 0.5) is 0 Å². The van der Waals surface area contributed by atoms with Crippen LogP contribution in [0.3, 0.4) is 0 Å². The molecule has 112 valence electrons. The Bertz CT molecular complexity index is 308. The van der Waals surface area contributed by atoms with Crippen molar-refractivity contribution in [1.29, 1.82) is 0 Å². The smallest absolute Gasteiger partial charge is 0.239 e. The maximum atomic E-state index is 11.6. The molecule has 0 fully saturated rings. The zero-order chi connectivity index (χ0) is 14.0. The number of rotatable bonds is 5. The lowest BCUT2D eigenvalue weighted by Gasteiger charge is -2.21. The summed E-state index contributed by atoms with van der Waals surface area (Å²) in [6, 6.07) is 0. The van der Waals surface area contributed by atoms with Crippen molar-refractivity contribution in [2.24, 2.45) is 4.99 Å². The fourth-order valence-electron chi connectivity index (χ4n) is 1.29. The van der Waals surface area contributed by atoms with Crippen LogP contribution in [0.1, 0.15) is 34.1 Å². The molecule has 0 unspecified atom stereocenters. The molecule has 0 aromatic carbocycles. The molecule has 0 atom stereocenters. The van der Waals surface area contributed by atoms with Gasteiger partial charge >= 0.3 is 0 Å². The summed E-state index contributed by atoms with van der Waals surface area (Å²) in [5, 5.41) is 8.98. The van der Waals surface area contributed by atoms with Gasteiger partial charge in [-0.05, 0) is 34.1 Å². The molecular formula is C13H27IN4O. The number of nitrogens with one attached hydrogen (secondary N) is 3. The predicted molar refractivity (Wildman–Crippen MR) is 92.1 cm³/mol. The van der Waals surface area contributed by atoms with Crippen LogP contribution in [-0.4, -0.2) is 37.5 Å². The Morgan fingerprint density at radius 2 is 1.89 bits per heavy atom. The summed E-state index contributed by atoms with van der Waals surface area (Å²) < 4.78 is 0. The average molecular weight is 382 g/mol. The second-order valence-corrected chi connectivity index (χ2v) is 5.01. The van der Waals surface area contributed by atoms with Gasteiger partial charge in [-0.15, -0.1) is 24.0 Å². The highest BCUT2D eigenvalue weighted by molar-refractivity contribution is 14.0. The Labute approximate surface area is 133 Å². The molecule has 1 amide bonds. The van der Waals surface area contributed by atoms with Gasteiger partial charge in [-0.2, -0.15) is 0 Å². The van der Waals surface area contributed by atoms with Crippen LogP contribution in [0.2, 0.25) is 0 Å². The average Bonchev–Trinajstić information content (AvgIpc) is 2.26. The second kappa shape index (κ2) is 11.1. The van der Waals surface area contributed by atoms with E-state index < -0.39 is 0 Å². The third-order valence-electron chi connectivity index (χ3n) is 1.99. The molecule has 0 saturated heterocycles. The summed E-state index contributed by atoms with van der Waals surface area (Å²) in [7, 11) is 1.69. The maximum Gasteiger partial charge on any atom is 0.239 e. The van der Waals surface area contributed by atoms with Gasteiger partial charge in [0, 0.05) is 19.1 Å². The highest BCUT2D eigenvalue weighted by Gasteiger charge is 2.13. The first-order valence-corrected chi connectivity index (χ1v) is 6.25. The number of halogens is 1. The fraction of sp³-hybridized carbons (Fsp3) is 0.692. The number of amides is 1. The van der Waals surface area contributed by atoms with Crippen LogP contribution >= 0.6 is 24.0 Å². The van der Waals surface area contributed by atoms with Crippen LogP contribution in [0, 0.1) is 0 Å². The lowest BCUT2D eigenvalue weighted by Crippen LogP contribution is -2.48. The van der Waals surface area contributed by atoms with Gasteiger partial charge in [-0.3, -0.25) is 9.79 Å². The van der Waals surface area contributed by atoms with Gasteiger partial charge in [0.25, 0.3) is 0 Å². The van der Waals surface area contributed by atoms with Gasteiger partial charge in [0.15, 0.2) is 5.96 Å². The molecule has 0 aliphatic carbocycles. The number of nitrogens with zero attached hydrogens (tertiary/aromatic N) is 1. The number of guanidine groups is 1. The zero-order valence-corrected chi connectivity index (χ0v) is 14.9. The van der Waals surface area contributed by atoms with E-state index in [2.05, 4.69) is 27.0 Å². The Morgan fingerprint density at radius 1 is 1.26 bits per heavy atom. The molecule has 0 aliphatic rings. The Morgan fingerprint density at radius 3 is 2.37 bits per heavy atom. The van der Waals surface area contributed by atoms with Crippen LogP contribution in [0.5, 0.6) is 0 Å². The highest BCUT2D eigenvalue weighted by Crippen LogP contribution is 1.96. The van der Waals surface area contributed by atoms with Gasteiger partial charge in [0.05, 0.1) is 6.54 Å². The minimum atomic E-state index is -0.207. The van der Waals surface area contributed by atoms with E-state index in [1.807, 2.05) is 33.8 Å². The van der Waals surface area contributed by atoms with Crippen LogP contribution < -0.4 is 16.0 Å². The monoisotopic (exact) mass is 382 g/mol. The Kier molecular flexibility index (Phi) is 12.0. The minimum Gasteiger partial charge on any atom is -0.356 e. The van der Waals surface area contributed by atoms with E-state index in [9.17, 15) is 4.79 Å². The van der Waals surface area contributed by atoms with Crippen molar-refractivity contribution in [3.05, 3.63) is 12.2 Å². The Balaban J connectivity index is 0. The molecule has 0 saturated carbocycles. The molecule has 3 N–H and O–H groups in total. The Hall–Kier alpha value is -0.790. The zero-order valence-electron chi connectivity index (χ0n) is 12.5. The fourth-order valence-corrected chi connectivity index (χ4v) is 1.29. The van der Waals surface area contributed by atoms with Crippen molar-refractivity contribution in [1.82, 2.24) is 16.0 Å². The number of allylic oxidation sites excluding steroid dienone is 1. The summed E-state index contributed by atoms with van der Waals surface area (Å²) in [6.07, 6.45) is 5.02. The van der Waals surface area contributed by atoms with Crippen molar-refractivity contribution >= 4 is 35.8 Å². The molecule has 0 aromatic rings. The number of aliphatic imine (C=N–C) groups is 1. The molecule has 0 rings (SSSR count). The third-order valence-corrected chi connectivity index (χ3v) is 1.99. The molecule has 5 nitrogen and oxygen atoms in total. The van der Waals surface area contributed by atoms with E-state index >= 15 is 0 Å². The van der Waals surface area contributed by atoms with E-state index in [0.717, 1.165) is 13.0 Å². The number of hydrogen-bond donors (Lipinski definition) is 3. The maximum absolute atomic E-state index is 11.6. The van der Waals surface area contributed by atoms with Crippen LogP contribution in [0.15, 0.2) is 17.1 Å². The molecule has 0 aliphatic heterocycles. The van der Waals surface area contributed by atoms with Crippen molar-refractivity contribution in [2.45, 2.75) is 39.7 Å². The molecule has 0 radical (unpaired) electrons. The third kappa shape index (κ3) is 13.4. The van der Waals surface area contributed by atoms with Gasteiger partial charge in [0.2, 0.25) is 5.91 Å². The minimum absolute atomic E-state index is 0. The topological polar surface area (TPSA) is 65.5 Å². The molecule has 0 bridgehead atoms. The molecule has 0 heterocycles. The molecule has 0 aromatic heterocycles. The van der Waals surface area contributed by atoms with Crippen molar-refractivity contribution < 1.29 is 4.79 Å². The second-order valence-electron chi connectivity index (χ2n) is 5.01. The largest absolute Gasteiger partial charge is 0.356 e. The van der Waals surface area contributed by atoms with Crippen molar-refractivity contribution in [3.8, 4) is 0 Å². The summed E-state index contributed by atoms with van der Waals surface area (Å²) in [6.45, 7) is 8.87. The SMILES string of the molecule is CC=CCCNC(=NC)NCC(=O)NC(C)(C)C.I. The van der Waals surface area contributed by atoms with E-state index in [0.29, 0.717) is 5.96 Å². The number of hydrogen-bond acceptors (Lipinski definition) is 2. The lowest BCUT2D eigenvalue weighted by atomic mass is 10.1. The summed E-state index contributed by atoms with van der Waals surface area (Å²) in [5.74, 6) is 0.600. The first-order chi connectivity index (χ1) is 8.39. The van der Waals surface area contributed by atoms with E-state index in [4.69, 9.17) is 0 Å². The van der Waals surface area contributed by atoms with Gasteiger partial charge in [-0.1, -0.05) is 12.2 Å². The first-order valence-electron chi connectivity index (χ1n) is 6.25. The van der Waals surface area contributed by atoms with Crippen LogP contribution in [-0.2, 0) is 4.79 Å². The standard InChI is InChI=1S/C13H26N4O.HI/c1-6-7-8-9-15-12(14-5)16-10-11(18)17-13(2,3)4;/h6-7H,8-10H2,1-5H3,(H,17,18)(H2,14,15,16);1H. The normalized spacial score (nSPS) is 11.9. The molecule has 0 spiro atoms. The predicted octanol–water partition coefficient (Wildman–Crippen LogP) is 1.65. The van der Waals surface area contributed by atoms with Crippen molar-refractivity contribution in [2.75, 3.05) is 20.1 Å². The highest BCUT2D eigenvalue weighted by atomic mass is 127. The van der Waals surface area contributed by atoms with Crippen LogP contribution in [0.25, 0.3) is 0 Å². The quantitative estimate of drug-likeness (QED) is 0.223. The van der Waals surface area contributed by atoms with E-state index in [-0.39, 0.29) is 42.0 Å². The summed E-state index contributed by atoms with van der Waals surface area (Å²) in [5.41, 5.74) is -0.207. The van der Waals surface area contributed by atoms with Crippen molar-refractivity contribution in [3.63, 3.8) is 0 Å². The summed E-state index contributed by atoms with van der Waals surface area (Å²) in [4.78, 5) is 15.6. The van der Waals surface area contributed by atoms with E-state index in [1.165, 1.54) is 0 Å². The lowest BCUT2D eigenvalue weighted by molar-refractivity contribution is -0.121. The first kappa shape index (κ1) is 20.5. The molecule has 6 heteroatoms.